The molecular formula is C15H33NO4S2. The molecule has 0 aliphatic rings. The molecule has 7 heteroatoms. The lowest BCUT2D eigenvalue weighted by Gasteiger charge is -2.40. The Balaban J connectivity index is 5.34. The van der Waals surface area contributed by atoms with Crippen LogP contribution in [-0.4, -0.2) is 59.8 Å². The number of hydrogen-bond acceptors (Lipinski definition) is 4. The molecule has 0 N–H and O–H groups in total. The molecule has 0 heterocycles. The predicted molar refractivity (Wildman–Crippen MR) is 94.0 cm³/mol. The topological polar surface area (TPSA) is 69.7 Å². The van der Waals surface area contributed by atoms with Gasteiger partial charge >= 0.3 is 0 Å². The molecular weight excluding hydrogens is 322 g/mol. The Bertz CT molecular complexity index is 435. The minimum Gasteiger partial charge on any atom is -0.617 e. The second-order valence-electron chi connectivity index (χ2n) is 7.96. The van der Waals surface area contributed by atoms with Gasteiger partial charge in [0.1, 0.15) is 5.75 Å². The molecule has 0 rings (SSSR count). The van der Waals surface area contributed by atoms with Gasteiger partial charge in [0.05, 0.1) is 31.3 Å². The SMILES string of the molecule is CC(OCC(C[S+](C)[O-])N(C(C)(C)C)S(C)(=O)=O)C(C)(C)C. The molecule has 0 aromatic rings. The second-order valence-corrected chi connectivity index (χ2v) is 11.3. The molecule has 134 valence electrons. The summed E-state index contributed by atoms with van der Waals surface area (Å²) in [5, 5.41) is 0. The van der Waals surface area contributed by atoms with Gasteiger partial charge in [-0.15, -0.1) is 0 Å². The quantitative estimate of drug-likeness (QED) is 0.657. The molecule has 0 saturated carbocycles. The van der Waals surface area contributed by atoms with Gasteiger partial charge in [-0.1, -0.05) is 31.9 Å². The highest BCUT2D eigenvalue weighted by atomic mass is 32.2. The van der Waals surface area contributed by atoms with E-state index in [0.717, 1.165) is 0 Å². The monoisotopic (exact) mass is 355 g/mol. The van der Waals surface area contributed by atoms with E-state index >= 15 is 0 Å². The summed E-state index contributed by atoms with van der Waals surface area (Å²) in [5.74, 6) is 0.265. The summed E-state index contributed by atoms with van der Waals surface area (Å²) in [5.41, 5.74) is -0.625. The fourth-order valence-corrected chi connectivity index (χ4v) is 4.83. The van der Waals surface area contributed by atoms with Gasteiger partial charge < -0.3 is 9.29 Å². The van der Waals surface area contributed by atoms with Gasteiger partial charge in [-0.3, -0.25) is 0 Å². The first-order valence-electron chi connectivity index (χ1n) is 7.48. The number of rotatable bonds is 7. The summed E-state index contributed by atoms with van der Waals surface area (Å²) in [7, 11) is -3.43. The van der Waals surface area contributed by atoms with Crippen LogP contribution in [0.5, 0.6) is 0 Å². The van der Waals surface area contributed by atoms with E-state index in [2.05, 4.69) is 20.8 Å². The lowest BCUT2D eigenvalue weighted by Crippen LogP contribution is -2.55. The molecule has 0 aromatic carbocycles. The summed E-state index contributed by atoms with van der Waals surface area (Å²) in [6, 6.07) is -0.439. The van der Waals surface area contributed by atoms with Crippen molar-refractivity contribution in [3.05, 3.63) is 0 Å². The number of ether oxygens (including phenoxy) is 1. The second kappa shape index (κ2) is 7.83. The Kier molecular flexibility index (Phi) is 7.90. The maximum Gasteiger partial charge on any atom is 0.212 e. The van der Waals surface area contributed by atoms with Crippen LogP contribution in [0.25, 0.3) is 0 Å². The molecule has 0 aliphatic heterocycles. The summed E-state index contributed by atoms with van der Waals surface area (Å²) in [6.45, 7) is 13.9. The Hall–Kier alpha value is 0.180. The van der Waals surface area contributed by atoms with Crippen molar-refractivity contribution in [2.75, 3.05) is 24.9 Å². The Morgan fingerprint density at radius 3 is 1.91 bits per heavy atom. The number of nitrogens with zero attached hydrogens (tertiary/aromatic N) is 1. The minimum absolute atomic E-state index is 0.0262. The van der Waals surface area contributed by atoms with Crippen molar-refractivity contribution in [3.8, 4) is 0 Å². The first-order valence-corrected chi connectivity index (χ1v) is 11.1. The molecule has 3 unspecified atom stereocenters. The van der Waals surface area contributed by atoms with Crippen molar-refractivity contribution < 1.29 is 17.7 Å². The molecule has 0 aliphatic carbocycles. The molecule has 0 amide bonds. The third-order valence-corrected chi connectivity index (χ3v) is 5.95. The van der Waals surface area contributed by atoms with E-state index in [-0.39, 0.29) is 23.9 Å². The normalized spacial score (nSPS) is 18.3. The molecule has 3 atom stereocenters. The zero-order valence-electron chi connectivity index (χ0n) is 15.5. The van der Waals surface area contributed by atoms with Gasteiger partial charge in [0.25, 0.3) is 0 Å². The van der Waals surface area contributed by atoms with Gasteiger partial charge in [-0.2, -0.15) is 4.31 Å². The summed E-state index contributed by atoms with van der Waals surface area (Å²) >= 11 is -1.11. The molecule has 5 nitrogen and oxygen atoms in total. The van der Waals surface area contributed by atoms with Crippen molar-refractivity contribution in [2.24, 2.45) is 5.41 Å². The van der Waals surface area contributed by atoms with Crippen molar-refractivity contribution in [3.63, 3.8) is 0 Å². The number of hydrogen-bond donors (Lipinski definition) is 0. The standard InChI is InChI=1S/C15H33NO4S2/c1-12(14(2,3)4)20-10-13(11-21(8)17)16(15(5,6)7)22(9,18)19/h12-13H,10-11H2,1-9H3. The summed E-state index contributed by atoms with van der Waals surface area (Å²) in [6.07, 6.45) is 2.75. The first kappa shape index (κ1) is 22.2. The number of sulfonamides is 1. The molecule has 0 fully saturated rings. The van der Waals surface area contributed by atoms with Crippen LogP contribution in [0.2, 0.25) is 0 Å². The Labute approximate surface area is 140 Å². The van der Waals surface area contributed by atoms with Crippen molar-refractivity contribution in [1.29, 1.82) is 0 Å². The van der Waals surface area contributed by atoms with Crippen LogP contribution in [0.1, 0.15) is 48.5 Å². The fraction of sp³-hybridized carbons (Fsp3) is 1.00. The van der Waals surface area contributed by atoms with Gasteiger partial charge in [-0.05, 0) is 33.1 Å². The average molecular weight is 356 g/mol. The summed E-state index contributed by atoms with van der Waals surface area (Å²) in [4.78, 5) is 0. The predicted octanol–water partition coefficient (Wildman–Crippen LogP) is 2.24. The lowest BCUT2D eigenvalue weighted by molar-refractivity contribution is -0.0271. The van der Waals surface area contributed by atoms with E-state index in [1.54, 1.807) is 6.26 Å². The first-order chi connectivity index (χ1) is 9.56. The Morgan fingerprint density at radius 1 is 1.18 bits per heavy atom. The van der Waals surface area contributed by atoms with Crippen LogP contribution in [-0.2, 0) is 25.9 Å². The van der Waals surface area contributed by atoms with E-state index in [1.165, 1.54) is 10.6 Å². The summed E-state index contributed by atoms with van der Waals surface area (Å²) < 4.78 is 43.4. The van der Waals surface area contributed by atoms with E-state index < -0.39 is 32.8 Å². The van der Waals surface area contributed by atoms with Crippen LogP contribution in [0, 0.1) is 5.41 Å². The smallest absolute Gasteiger partial charge is 0.212 e. The maximum atomic E-state index is 12.2. The van der Waals surface area contributed by atoms with Crippen LogP contribution in [0.3, 0.4) is 0 Å². The van der Waals surface area contributed by atoms with E-state index in [0.29, 0.717) is 0 Å². The van der Waals surface area contributed by atoms with Crippen molar-refractivity contribution in [1.82, 2.24) is 4.31 Å². The van der Waals surface area contributed by atoms with Crippen LogP contribution in [0.4, 0.5) is 0 Å². The molecule has 0 radical (unpaired) electrons. The Morgan fingerprint density at radius 2 is 1.64 bits per heavy atom. The van der Waals surface area contributed by atoms with Gasteiger partial charge in [0.2, 0.25) is 10.0 Å². The van der Waals surface area contributed by atoms with Crippen LogP contribution >= 0.6 is 0 Å². The van der Waals surface area contributed by atoms with E-state index in [1.807, 2.05) is 27.7 Å². The zero-order chi connectivity index (χ0) is 17.9. The fourth-order valence-electron chi connectivity index (χ4n) is 2.28. The highest BCUT2D eigenvalue weighted by molar-refractivity contribution is 7.91. The van der Waals surface area contributed by atoms with Crippen LogP contribution in [0.15, 0.2) is 0 Å². The van der Waals surface area contributed by atoms with Gasteiger partial charge in [-0.25, -0.2) is 8.42 Å². The van der Waals surface area contributed by atoms with Gasteiger partial charge in [0.15, 0.2) is 0 Å². The maximum absolute atomic E-state index is 12.2. The third-order valence-electron chi connectivity index (χ3n) is 3.54. The largest absolute Gasteiger partial charge is 0.617 e. The van der Waals surface area contributed by atoms with Crippen molar-refractivity contribution in [2.45, 2.75) is 66.2 Å². The van der Waals surface area contributed by atoms with Gasteiger partial charge in [0, 0.05) is 5.54 Å². The van der Waals surface area contributed by atoms with Crippen LogP contribution < -0.4 is 0 Å². The van der Waals surface area contributed by atoms with Crippen molar-refractivity contribution >= 4 is 21.2 Å². The minimum atomic E-state index is -3.43. The highest BCUT2D eigenvalue weighted by Gasteiger charge is 2.38. The third kappa shape index (κ3) is 7.64. The molecule has 0 bridgehead atoms. The lowest BCUT2D eigenvalue weighted by atomic mass is 9.90. The zero-order valence-corrected chi connectivity index (χ0v) is 17.1. The highest BCUT2D eigenvalue weighted by Crippen LogP contribution is 2.25. The molecule has 0 aromatic heterocycles. The molecule has 0 saturated heterocycles. The van der Waals surface area contributed by atoms with E-state index in [4.69, 9.17) is 4.74 Å². The average Bonchev–Trinajstić information content (AvgIpc) is 2.18. The molecule has 22 heavy (non-hydrogen) atoms. The molecule has 0 spiro atoms. The van der Waals surface area contributed by atoms with E-state index in [9.17, 15) is 13.0 Å².